The summed E-state index contributed by atoms with van der Waals surface area (Å²) in [7, 11) is 0. The Morgan fingerprint density at radius 1 is 1.35 bits per heavy atom. The van der Waals surface area contributed by atoms with Gasteiger partial charge in [0.2, 0.25) is 0 Å². The van der Waals surface area contributed by atoms with Crippen molar-refractivity contribution in [2.24, 2.45) is 0 Å². The Morgan fingerprint density at radius 3 is 2.65 bits per heavy atom. The first-order valence-electron chi connectivity index (χ1n) is 6.46. The average Bonchev–Trinajstić information content (AvgIpc) is 2.64. The monoisotopic (exact) mass is 234 g/mol. The first-order chi connectivity index (χ1) is 7.95. The van der Waals surface area contributed by atoms with E-state index in [2.05, 4.69) is 27.7 Å². The van der Waals surface area contributed by atoms with E-state index in [0.29, 0.717) is 5.75 Å². The predicted molar refractivity (Wildman–Crippen MR) is 70.0 cm³/mol. The second-order valence-corrected chi connectivity index (χ2v) is 5.83. The Hall–Kier alpha value is -1.18. The molecule has 0 amide bonds. The van der Waals surface area contributed by atoms with E-state index in [1.807, 2.05) is 6.07 Å². The fraction of sp³-hybridized carbons (Fsp3) is 0.600. The van der Waals surface area contributed by atoms with Crippen molar-refractivity contribution in [1.82, 2.24) is 0 Å². The van der Waals surface area contributed by atoms with Crippen molar-refractivity contribution in [3.63, 3.8) is 0 Å². The number of ether oxygens (including phenoxy) is 1. The number of phenols is 1. The standard InChI is InChI=1S/C15H22O2/c1-5-6-10-9-12-11(7-8-17-12)13(14(10)16)15(2,3)4/h9,16H,5-8H2,1-4H3. The normalized spacial score (nSPS) is 14.6. The van der Waals surface area contributed by atoms with Crippen LogP contribution in [-0.4, -0.2) is 11.7 Å². The third kappa shape index (κ3) is 2.13. The second-order valence-electron chi connectivity index (χ2n) is 5.83. The molecule has 2 heteroatoms. The summed E-state index contributed by atoms with van der Waals surface area (Å²) >= 11 is 0. The number of hydrogen-bond acceptors (Lipinski definition) is 2. The molecule has 1 aliphatic heterocycles. The number of fused-ring (bicyclic) bond motifs is 1. The van der Waals surface area contributed by atoms with E-state index in [1.165, 1.54) is 5.56 Å². The molecule has 1 heterocycles. The molecule has 1 aromatic rings. The maximum absolute atomic E-state index is 10.5. The van der Waals surface area contributed by atoms with E-state index in [9.17, 15) is 5.11 Å². The van der Waals surface area contributed by atoms with Crippen molar-refractivity contribution in [2.45, 2.75) is 52.4 Å². The average molecular weight is 234 g/mol. The Labute approximate surface area is 104 Å². The molecule has 1 aliphatic rings. The molecule has 0 bridgehead atoms. The van der Waals surface area contributed by atoms with Crippen molar-refractivity contribution in [3.8, 4) is 11.5 Å². The summed E-state index contributed by atoms with van der Waals surface area (Å²) in [5.74, 6) is 1.47. The van der Waals surface area contributed by atoms with Crippen LogP contribution in [0.25, 0.3) is 0 Å². The zero-order chi connectivity index (χ0) is 12.6. The van der Waals surface area contributed by atoms with Crippen LogP contribution in [-0.2, 0) is 18.3 Å². The molecule has 0 aromatic heterocycles. The van der Waals surface area contributed by atoms with E-state index >= 15 is 0 Å². The van der Waals surface area contributed by atoms with Crippen LogP contribution in [0.15, 0.2) is 6.07 Å². The number of aryl methyl sites for hydroxylation is 1. The van der Waals surface area contributed by atoms with E-state index in [0.717, 1.165) is 42.7 Å². The van der Waals surface area contributed by atoms with Crippen LogP contribution in [0, 0.1) is 0 Å². The minimum absolute atomic E-state index is 0.0361. The van der Waals surface area contributed by atoms with Gasteiger partial charge in [-0.15, -0.1) is 0 Å². The zero-order valence-electron chi connectivity index (χ0n) is 11.3. The fourth-order valence-electron chi connectivity index (χ4n) is 2.65. The van der Waals surface area contributed by atoms with Crippen LogP contribution >= 0.6 is 0 Å². The van der Waals surface area contributed by atoms with Crippen LogP contribution in [0.3, 0.4) is 0 Å². The van der Waals surface area contributed by atoms with Gasteiger partial charge in [-0.3, -0.25) is 0 Å². The fourth-order valence-corrected chi connectivity index (χ4v) is 2.65. The maximum Gasteiger partial charge on any atom is 0.123 e. The van der Waals surface area contributed by atoms with E-state index in [4.69, 9.17) is 4.74 Å². The third-order valence-corrected chi connectivity index (χ3v) is 3.32. The molecule has 0 aliphatic carbocycles. The van der Waals surface area contributed by atoms with Gasteiger partial charge in [-0.25, -0.2) is 0 Å². The molecule has 94 valence electrons. The number of benzene rings is 1. The van der Waals surface area contributed by atoms with Crippen molar-refractivity contribution >= 4 is 0 Å². The molecule has 0 unspecified atom stereocenters. The van der Waals surface area contributed by atoms with Gasteiger partial charge in [-0.05, 0) is 23.5 Å². The number of rotatable bonds is 2. The van der Waals surface area contributed by atoms with Crippen LogP contribution in [0.1, 0.15) is 50.8 Å². The van der Waals surface area contributed by atoms with Gasteiger partial charge in [0.1, 0.15) is 11.5 Å². The summed E-state index contributed by atoms with van der Waals surface area (Å²) in [6.07, 6.45) is 2.86. The quantitative estimate of drug-likeness (QED) is 0.847. The Kier molecular flexibility index (Phi) is 3.07. The van der Waals surface area contributed by atoms with E-state index in [-0.39, 0.29) is 5.41 Å². The lowest BCUT2D eigenvalue weighted by molar-refractivity contribution is 0.356. The van der Waals surface area contributed by atoms with Crippen molar-refractivity contribution < 1.29 is 9.84 Å². The van der Waals surface area contributed by atoms with Gasteiger partial charge >= 0.3 is 0 Å². The summed E-state index contributed by atoms with van der Waals surface area (Å²) in [6.45, 7) is 9.32. The van der Waals surface area contributed by atoms with Crippen molar-refractivity contribution in [2.75, 3.05) is 6.61 Å². The topological polar surface area (TPSA) is 29.5 Å². The maximum atomic E-state index is 10.5. The highest BCUT2D eigenvalue weighted by atomic mass is 16.5. The van der Waals surface area contributed by atoms with Gasteiger partial charge in [0, 0.05) is 17.5 Å². The summed E-state index contributed by atoms with van der Waals surface area (Å²) < 4.78 is 5.67. The molecule has 2 nitrogen and oxygen atoms in total. The van der Waals surface area contributed by atoms with Gasteiger partial charge in [0.05, 0.1) is 6.61 Å². The molecule has 1 aromatic carbocycles. The molecule has 0 atom stereocenters. The largest absolute Gasteiger partial charge is 0.507 e. The molecular weight excluding hydrogens is 212 g/mol. The first-order valence-corrected chi connectivity index (χ1v) is 6.46. The predicted octanol–water partition coefficient (Wildman–Crippen LogP) is 3.58. The van der Waals surface area contributed by atoms with E-state index in [1.54, 1.807) is 0 Å². The number of aromatic hydroxyl groups is 1. The third-order valence-electron chi connectivity index (χ3n) is 3.32. The molecular formula is C15H22O2. The van der Waals surface area contributed by atoms with Gasteiger partial charge in [-0.2, -0.15) is 0 Å². The van der Waals surface area contributed by atoms with Crippen LogP contribution in [0.4, 0.5) is 0 Å². The lowest BCUT2D eigenvalue weighted by Gasteiger charge is -2.25. The second kappa shape index (κ2) is 4.25. The Morgan fingerprint density at radius 2 is 2.06 bits per heavy atom. The lowest BCUT2D eigenvalue weighted by atomic mass is 9.80. The SMILES string of the molecule is CCCc1cc2c(c(C(C)(C)C)c1O)CCO2. The van der Waals surface area contributed by atoms with Crippen LogP contribution < -0.4 is 4.74 Å². The number of phenolic OH excluding ortho intramolecular Hbond substituents is 1. The molecule has 0 saturated heterocycles. The summed E-state index contributed by atoms with van der Waals surface area (Å²) in [4.78, 5) is 0. The lowest BCUT2D eigenvalue weighted by Crippen LogP contribution is -2.15. The molecule has 17 heavy (non-hydrogen) atoms. The van der Waals surface area contributed by atoms with Crippen LogP contribution in [0.2, 0.25) is 0 Å². The number of hydrogen-bond donors (Lipinski definition) is 1. The van der Waals surface area contributed by atoms with Gasteiger partial charge < -0.3 is 9.84 Å². The van der Waals surface area contributed by atoms with Gasteiger partial charge in [0.15, 0.2) is 0 Å². The molecule has 0 fully saturated rings. The highest BCUT2D eigenvalue weighted by Gasteiger charge is 2.29. The first kappa shape index (κ1) is 12.3. The summed E-state index contributed by atoms with van der Waals surface area (Å²) in [6, 6.07) is 2.02. The van der Waals surface area contributed by atoms with Gasteiger partial charge in [-0.1, -0.05) is 34.1 Å². The van der Waals surface area contributed by atoms with Crippen molar-refractivity contribution in [3.05, 3.63) is 22.8 Å². The summed E-state index contributed by atoms with van der Waals surface area (Å²) in [5, 5.41) is 10.5. The van der Waals surface area contributed by atoms with Crippen molar-refractivity contribution in [1.29, 1.82) is 0 Å². The molecule has 1 N–H and O–H groups in total. The minimum atomic E-state index is -0.0361. The van der Waals surface area contributed by atoms with Crippen LogP contribution in [0.5, 0.6) is 11.5 Å². The van der Waals surface area contributed by atoms with E-state index < -0.39 is 0 Å². The highest BCUT2D eigenvalue weighted by molar-refractivity contribution is 5.57. The molecule has 0 radical (unpaired) electrons. The molecule has 2 rings (SSSR count). The molecule has 0 saturated carbocycles. The smallest absolute Gasteiger partial charge is 0.123 e. The highest BCUT2D eigenvalue weighted by Crippen LogP contribution is 2.43. The Bertz CT molecular complexity index is 428. The molecule has 0 spiro atoms. The Balaban J connectivity index is 2.62. The summed E-state index contributed by atoms with van der Waals surface area (Å²) in [5.41, 5.74) is 3.27. The minimum Gasteiger partial charge on any atom is -0.507 e. The van der Waals surface area contributed by atoms with Gasteiger partial charge in [0.25, 0.3) is 0 Å². The zero-order valence-corrected chi connectivity index (χ0v) is 11.3.